The van der Waals surface area contributed by atoms with Gasteiger partial charge in [-0.1, -0.05) is 27.7 Å². The maximum absolute atomic E-state index is 12.2. The lowest BCUT2D eigenvalue weighted by atomic mass is 10.0. The van der Waals surface area contributed by atoms with Gasteiger partial charge in [0, 0.05) is 6.04 Å². The van der Waals surface area contributed by atoms with Crippen molar-refractivity contribution in [1.82, 2.24) is 15.2 Å². The summed E-state index contributed by atoms with van der Waals surface area (Å²) in [6.07, 6.45) is 4.18. The second kappa shape index (κ2) is 10.5. The summed E-state index contributed by atoms with van der Waals surface area (Å²) in [4.78, 5) is 18.9. The fourth-order valence-electron chi connectivity index (χ4n) is 2.70. The second-order valence-corrected chi connectivity index (χ2v) is 6.85. The normalized spacial score (nSPS) is 14.2. The third-order valence-corrected chi connectivity index (χ3v) is 4.18. The number of nitrogens with two attached hydrogens (primary N) is 1. The minimum Gasteiger partial charge on any atom is -0.446 e. The number of hydrogen-bond acceptors (Lipinski definition) is 5. The van der Waals surface area contributed by atoms with Gasteiger partial charge in [-0.15, -0.1) is 0 Å². The summed E-state index contributed by atoms with van der Waals surface area (Å²) >= 11 is 0. The van der Waals surface area contributed by atoms with Gasteiger partial charge in [0.05, 0.1) is 6.04 Å². The second-order valence-electron chi connectivity index (χ2n) is 6.85. The van der Waals surface area contributed by atoms with Gasteiger partial charge >= 0.3 is 0 Å². The van der Waals surface area contributed by atoms with Crippen LogP contribution in [0.1, 0.15) is 76.3 Å². The summed E-state index contributed by atoms with van der Waals surface area (Å²) < 4.78 is 5.37. The molecular formula is C18H34N4O2. The van der Waals surface area contributed by atoms with E-state index in [2.05, 4.69) is 42.9 Å². The molecule has 1 rings (SSSR count). The van der Waals surface area contributed by atoms with Crippen LogP contribution in [0.3, 0.4) is 0 Å². The first kappa shape index (κ1) is 20.6. The highest BCUT2D eigenvalue weighted by Gasteiger charge is 2.19. The van der Waals surface area contributed by atoms with Crippen molar-refractivity contribution in [2.75, 3.05) is 19.6 Å². The minimum atomic E-state index is -0.266. The molecule has 6 nitrogen and oxygen atoms in total. The van der Waals surface area contributed by atoms with Crippen LogP contribution in [-0.2, 0) is 0 Å². The minimum absolute atomic E-state index is 0.109. The molecule has 0 radical (unpaired) electrons. The Kier molecular flexibility index (Phi) is 9.00. The predicted molar refractivity (Wildman–Crippen MR) is 96.8 cm³/mol. The van der Waals surface area contributed by atoms with Crippen LogP contribution in [0.25, 0.3) is 0 Å². The van der Waals surface area contributed by atoms with Gasteiger partial charge in [0.2, 0.25) is 5.89 Å². The summed E-state index contributed by atoms with van der Waals surface area (Å²) in [5, 5.41) is 2.98. The van der Waals surface area contributed by atoms with Crippen molar-refractivity contribution in [1.29, 1.82) is 0 Å². The number of nitrogens with one attached hydrogen (secondary N) is 1. The van der Waals surface area contributed by atoms with E-state index in [0.29, 0.717) is 17.5 Å². The van der Waals surface area contributed by atoms with Crippen LogP contribution in [-0.4, -0.2) is 41.5 Å². The van der Waals surface area contributed by atoms with Crippen LogP contribution in [0, 0.1) is 5.92 Å². The summed E-state index contributed by atoms with van der Waals surface area (Å²) in [6, 6.07) is -0.157. The summed E-state index contributed by atoms with van der Waals surface area (Å²) in [6.45, 7) is 13.7. The third-order valence-electron chi connectivity index (χ3n) is 4.18. The smallest absolute Gasteiger partial charge is 0.273 e. The van der Waals surface area contributed by atoms with E-state index in [1.165, 1.54) is 6.26 Å². The Morgan fingerprint density at radius 2 is 2.00 bits per heavy atom. The van der Waals surface area contributed by atoms with Gasteiger partial charge in [0.15, 0.2) is 5.69 Å². The first-order chi connectivity index (χ1) is 11.4. The molecule has 0 bridgehead atoms. The maximum Gasteiger partial charge on any atom is 0.273 e. The zero-order chi connectivity index (χ0) is 18.1. The van der Waals surface area contributed by atoms with Gasteiger partial charge < -0.3 is 20.4 Å². The predicted octanol–water partition coefficient (Wildman–Crippen LogP) is 2.96. The van der Waals surface area contributed by atoms with Crippen molar-refractivity contribution in [2.45, 2.75) is 66.0 Å². The lowest BCUT2D eigenvalue weighted by Crippen LogP contribution is -2.34. The fraction of sp³-hybridized carbons (Fsp3) is 0.778. The average Bonchev–Trinajstić information content (AvgIpc) is 3.01. The zero-order valence-corrected chi connectivity index (χ0v) is 15.8. The molecule has 1 aromatic heterocycles. The molecule has 3 N–H and O–H groups in total. The van der Waals surface area contributed by atoms with Crippen LogP contribution >= 0.6 is 0 Å². The molecule has 0 aromatic carbocycles. The molecule has 1 aromatic rings. The van der Waals surface area contributed by atoms with Gasteiger partial charge in [-0.2, -0.15) is 0 Å². The Hall–Kier alpha value is -1.40. The topological polar surface area (TPSA) is 84.4 Å². The quantitative estimate of drug-likeness (QED) is 0.648. The Labute approximate surface area is 146 Å². The molecule has 0 saturated carbocycles. The van der Waals surface area contributed by atoms with Gasteiger partial charge in [0.1, 0.15) is 6.26 Å². The first-order valence-corrected chi connectivity index (χ1v) is 9.11. The molecular weight excluding hydrogens is 304 g/mol. The van der Waals surface area contributed by atoms with E-state index in [1.54, 1.807) is 0 Å². The molecule has 0 aliphatic heterocycles. The molecule has 138 valence electrons. The lowest BCUT2D eigenvalue weighted by molar-refractivity contribution is 0.0932. The number of carbonyl (C=O) groups is 1. The zero-order valence-electron chi connectivity index (χ0n) is 15.8. The molecule has 0 fully saturated rings. The van der Waals surface area contributed by atoms with Crippen molar-refractivity contribution >= 4 is 5.91 Å². The number of nitrogens with zero attached hydrogens (tertiary/aromatic N) is 2. The first-order valence-electron chi connectivity index (χ1n) is 9.11. The monoisotopic (exact) mass is 338 g/mol. The van der Waals surface area contributed by atoms with Crippen molar-refractivity contribution in [2.24, 2.45) is 11.7 Å². The van der Waals surface area contributed by atoms with Crippen LogP contribution in [0.4, 0.5) is 0 Å². The highest BCUT2D eigenvalue weighted by atomic mass is 16.3. The van der Waals surface area contributed by atoms with Crippen molar-refractivity contribution in [3.63, 3.8) is 0 Å². The molecule has 0 spiro atoms. The highest BCUT2D eigenvalue weighted by Crippen LogP contribution is 2.18. The van der Waals surface area contributed by atoms with E-state index in [9.17, 15) is 4.79 Å². The number of oxazole rings is 1. The number of rotatable bonds is 11. The summed E-state index contributed by atoms with van der Waals surface area (Å²) in [5.41, 5.74) is 6.34. The lowest BCUT2D eigenvalue weighted by Gasteiger charge is -2.19. The summed E-state index contributed by atoms with van der Waals surface area (Å²) in [7, 11) is 0. The van der Waals surface area contributed by atoms with Crippen LogP contribution in [0.2, 0.25) is 0 Å². The van der Waals surface area contributed by atoms with E-state index in [1.807, 2.05) is 6.92 Å². The van der Waals surface area contributed by atoms with Gasteiger partial charge in [-0.25, -0.2) is 4.98 Å². The maximum atomic E-state index is 12.2. The molecule has 1 heterocycles. The Morgan fingerprint density at radius 3 is 2.58 bits per heavy atom. The van der Waals surface area contributed by atoms with E-state index >= 15 is 0 Å². The molecule has 6 heteroatoms. The molecule has 0 aliphatic carbocycles. The Balaban J connectivity index is 2.43. The van der Waals surface area contributed by atoms with Gasteiger partial charge in [-0.3, -0.25) is 4.79 Å². The van der Waals surface area contributed by atoms with E-state index < -0.39 is 0 Å². The number of carbonyl (C=O) groups excluding carboxylic acids is 1. The Bertz CT molecular complexity index is 483. The van der Waals surface area contributed by atoms with Crippen molar-refractivity contribution < 1.29 is 9.21 Å². The van der Waals surface area contributed by atoms with Gasteiger partial charge in [-0.05, 0) is 51.7 Å². The van der Waals surface area contributed by atoms with E-state index in [4.69, 9.17) is 10.2 Å². The SMILES string of the molecule is CCN(CC)CCCC(C)NC(=O)c1coc(C(N)CC(C)C)n1. The molecule has 0 saturated heterocycles. The number of aromatic nitrogens is 1. The summed E-state index contributed by atoms with van der Waals surface area (Å²) in [5.74, 6) is 0.690. The largest absolute Gasteiger partial charge is 0.446 e. The van der Waals surface area contributed by atoms with Crippen LogP contribution < -0.4 is 11.1 Å². The number of hydrogen-bond donors (Lipinski definition) is 2. The third kappa shape index (κ3) is 7.01. The number of amides is 1. The van der Waals surface area contributed by atoms with E-state index in [-0.39, 0.29) is 18.0 Å². The standard InChI is InChI=1S/C18H34N4O2/c1-6-22(7-2)10-8-9-14(5)20-17(23)16-12-24-18(21-16)15(19)11-13(3)4/h12-15H,6-11,19H2,1-5H3,(H,20,23). The fourth-order valence-corrected chi connectivity index (χ4v) is 2.70. The van der Waals surface area contributed by atoms with Crippen molar-refractivity contribution in [3.05, 3.63) is 17.8 Å². The molecule has 0 aliphatic rings. The Morgan fingerprint density at radius 1 is 1.33 bits per heavy atom. The van der Waals surface area contributed by atoms with E-state index in [0.717, 1.165) is 38.9 Å². The van der Waals surface area contributed by atoms with Crippen LogP contribution in [0.15, 0.2) is 10.7 Å². The molecule has 2 atom stereocenters. The van der Waals surface area contributed by atoms with Crippen LogP contribution in [0.5, 0.6) is 0 Å². The average molecular weight is 338 g/mol. The molecule has 1 amide bonds. The highest BCUT2D eigenvalue weighted by molar-refractivity contribution is 5.92. The molecule has 2 unspecified atom stereocenters. The molecule has 24 heavy (non-hydrogen) atoms. The van der Waals surface area contributed by atoms with Gasteiger partial charge in [0.25, 0.3) is 5.91 Å². The van der Waals surface area contributed by atoms with Crippen molar-refractivity contribution in [3.8, 4) is 0 Å².